The van der Waals surface area contributed by atoms with Gasteiger partial charge in [0.15, 0.2) is 5.43 Å². The molecule has 0 radical (unpaired) electrons. The van der Waals surface area contributed by atoms with Gasteiger partial charge in [0.25, 0.3) is 0 Å². The van der Waals surface area contributed by atoms with Crippen molar-refractivity contribution in [2.45, 2.75) is 20.3 Å². The van der Waals surface area contributed by atoms with Crippen molar-refractivity contribution in [3.8, 4) is 0 Å². The minimum absolute atomic E-state index is 0.0155. The lowest BCUT2D eigenvalue weighted by molar-refractivity contribution is 0.413. The molecule has 1 heterocycles. The maximum absolute atomic E-state index is 11.9. The van der Waals surface area contributed by atoms with Crippen molar-refractivity contribution in [1.29, 1.82) is 0 Å². The fraction of sp³-hybridized carbons (Fsp3) is 0.267. The highest BCUT2D eigenvalue weighted by molar-refractivity contribution is 5.76. The number of hydrogen-bond donors (Lipinski definition) is 0. The summed E-state index contributed by atoms with van der Waals surface area (Å²) in [6.07, 6.45) is 2.55. The van der Waals surface area contributed by atoms with E-state index in [9.17, 15) is 4.79 Å². The lowest BCUT2D eigenvalue weighted by Gasteiger charge is -2.18. The molecular formula is C15H16O2. The quantitative estimate of drug-likeness (QED) is 0.752. The van der Waals surface area contributed by atoms with Gasteiger partial charge in [0, 0.05) is 12.5 Å². The largest absolute Gasteiger partial charge is 0.461 e. The number of benzene rings is 1. The van der Waals surface area contributed by atoms with Gasteiger partial charge >= 0.3 is 0 Å². The summed E-state index contributed by atoms with van der Waals surface area (Å²) in [6, 6.07) is 8.89. The second kappa shape index (κ2) is 4.21. The molecule has 0 amide bonds. The highest BCUT2D eigenvalue weighted by Crippen LogP contribution is 2.23. The molecule has 0 unspecified atom stereocenters. The average Bonchev–Trinajstić information content (AvgIpc) is 2.28. The summed E-state index contributed by atoms with van der Waals surface area (Å²) in [4.78, 5) is 11.9. The minimum Gasteiger partial charge on any atom is -0.461 e. The predicted octanol–water partition coefficient (Wildman–Crippen LogP) is 3.55. The van der Waals surface area contributed by atoms with Gasteiger partial charge in [0.2, 0.25) is 0 Å². The molecule has 88 valence electrons. The van der Waals surface area contributed by atoms with Crippen LogP contribution in [0.3, 0.4) is 0 Å². The van der Waals surface area contributed by atoms with Gasteiger partial charge < -0.3 is 4.42 Å². The maximum atomic E-state index is 11.9. The molecule has 2 aromatic rings. The summed E-state index contributed by atoms with van der Waals surface area (Å²) in [5.41, 5.74) is 0.592. The van der Waals surface area contributed by atoms with Crippen LogP contribution in [-0.2, 0) is 6.42 Å². The zero-order chi connectivity index (χ0) is 12.5. The van der Waals surface area contributed by atoms with Crippen LogP contribution in [0.25, 0.3) is 11.0 Å². The van der Waals surface area contributed by atoms with Crippen molar-refractivity contribution < 1.29 is 4.42 Å². The van der Waals surface area contributed by atoms with Crippen LogP contribution in [0.2, 0.25) is 0 Å². The van der Waals surface area contributed by atoms with Crippen molar-refractivity contribution >= 4 is 11.0 Å². The molecule has 1 aromatic carbocycles. The molecule has 1 aromatic heterocycles. The fourth-order valence-corrected chi connectivity index (χ4v) is 1.76. The Hall–Kier alpha value is -1.83. The van der Waals surface area contributed by atoms with Crippen LogP contribution in [0.4, 0.5) is 0 Å². The molecule has 0 aliphatic heterocycles. The molecule has 0 fully saturated rings. The average molecular weight is 228 g/mol. The normalized spacial score (nSPS) is 11.6. The van der Waals surface area contributed by atoms with E-state index in [1.165, 1.54) is 0 Å². The Labute approximate surface area is 101 Å². The topological polar surface area (TPSA) is 30.2 Å². The molecule has 0 aliphatic rings. The summed E-state index contributed by atoms with van der Waals surface area (Å²) in [7, 11) is 0. The number of allylic oxidation sites excluding steroid dienone is 1. The third-order valence-corrected chi connectivity index (χ3v) is 2.87. The molecule has 17 heavy (non-hydrogen) atoms. The summed E-state index contributed by atoms with van der Waals surface area (Å²) in [6.45, 7) is 7.92. The minimum atomic E-state index is -0.0710. The summed E-state index contributed by atoms with van der Waals surface area (Å²) in [5.74, 6) is 0.707. The third kappa shape index (κ3) is 2.47. The molecule has 0 atom stereocenters. The zero-order valence-electron chi connectivity index (χ0n) is 10.2. The van der Waals surface area contributed by atoms with E-state index in [4.69, 9.17) is 4.42 Å². The van der Waals surface area contributed by atoms with Crippen molar-refractivity contribution in [3.63, 3.8) is 0 Å². The summed E-state index contributed by atoms with van der Waals surface area (Å²) >= 11 is 0. The number of rotatable bonds is 3. The van der Waals surface area contributed by atoms with Crippen LogP contribution in [0.5, 0.6) is 0 Å². The SMILES string of the molecule is C=CC(C)(C)Cc1cc(=O)c2ccccc2o1. The van der Waals surface area contributed by atoms with Crippen molar-refractivity contribution in [2.75, 3.05) is 0 Å². The first-order valence-corrected chi connectivity index (χ1v) is 5.67. The van der Waals surface area contributed by atoms with Gasteiger partial charge in [-0.2, -0.15) is 0 Å². The Morgan fingerprint density at radius 2 is 2.06 bits per heavy atom. The second-order valence-electron chi connectivity index (χ2n) is 4.94. The van der Waals surface area contributed by atoms with E-state index in [0.29, 0.717) is 23.2 Å². The van der Waals surface area contributed by atoms with Gasteiger partial charge in [-0.3, -0.25) is 4.79 Å². The van der Waals surface area contributed by atoms with Crippen molar-refractivity contribution in [2.24, 2.45) is 5.41 Å². The Morgan fingerprint density at radius 1 is 1.35 bits per heavy atom. The lowest BCUT2D eigenvalue weighted by atomic mass is 9.88. The molecule has 0 bridgehead atoms. The smallest absolute Gasteiger partial charge is 0.192 e. The van der Waals surface area contributed by atoms with E-state index in [0.717, 1.165) is 0 Å². The Kier molecular flexibility index (Phi) is 2.88. The van der Waals surface area contributed by atoms with Gasteiger partial charge in [0.05, 0.1) is 5.39 Å². The standard InChI is InChI=1S/C15H16O2/c1-4-15(2,3)10-11-9-13(16)12-7-5-6-8-14(12)17-11/h4-9H,1,10H2,2-3H3. The summed E-state index contributed by atoms with van der Waals surface area (Å²) < 4.78 is 5.73. The number of hydrogen-bond acceptors (Lipinski definition) is 2. The van der Waals surface area contributed by atoms with Crippen molar-refractivity contribution in [3.05, 3.63) is 59.0 Å². The van der Waals surface area contributed by atoms with Crippen LogP contribution in [0, 0.1) is 5.41 Å². The third-order valence-electron chi connectivity index (χ3n) is 2.87. The van der Waals surface area contributed by atoms with E-state index >= 15 is 0 Å². The van der Waals surface area contributed by atoms with E-state index in [-0.39, 0.29) is 10.8 Å². The molecule has 0 spiro atoms. The first kappa shape index (κ1) is 11.6. The lowest BCUT2D eigenvalue weighted by Crippen LogP contribution is -2.13. The fourth-order valence-electron chi connectivity index (χ4n) is 1.76. The Bertz CT molecular complexity index is 606. The number of fused-ring (bicyclic) bond motifs is 1. The molecule has 0 saturated carbocycles. The van der Waals surface area contributed by atoms with E-state index in [1.807, 2.05) is 24.3 Å². The predicted molar refractivity (Wildman–Crippen MR) is 70.2 cm³/mol. The van der Waals surface area contributed by atoms with Crippen LogP contribution in [-0.4, -0.2) is 0 Å². The van der Waals surface area contributed by atoms with Gasteiger partial charge in [0.1, 0.15) is 11.3 Å². The molecule has 2 heteroatoms. The van der Waals surface area contributed by atoms with Crippen LogP contribution >= 0.6 is 0 Å². The van der Waals surface area contributed by atoms with Crippen LogP contribution in [0.15, 0.2) is 52.2 Å². The highest BCUT2D eigenvalue weighted by atomic mass is 16.3. The Balaban J connectivity index is 2.51. The van der Waals surface area contributed by atoms with Crippen molar-refractivity contribution in [1.82, 2.24) is 0 Å². The molecule has 2 nitrogen and oxygen atoms in total. The van der Waals surface area contributed by atoms with E-state index in [1.54, 1.807) is 12.1 Å². The molecule has 0 N–H and O–H groups in total. The van der Waals surface area contributed by atoms with Gasteiger partial charge in [-0.25, -0.2) is 0 Å². The zero-order valence-corrected chi connectivity index (χ0v) is 10.2. The first-order chi connectivity index (χ1) is 8.02. The highest BCUT2D eigenvalue weighted by Gasteiger charge is 2.16. The monoisotopic (exact) mass is 228 g/mol. The van der Waals surface area contributed by atoms with Crippen LogP contribution in [0.1, 0.15) is 19.6 Å². The van der Waals surface area contributed by atoms with Gasteiger partial charge in [-0.1, -0.05) is 32.1 Å². The molecule has 2 rings (SSSR count). The van der Waals surface area contributed by atoms with Gasteiger partial charge in [-0.15, -0.1) is 6.58 Å². The summed E-state index contributed by atoms with van der Waals surface area (Å²) in [5, 5.41) is 0.632. The number of para-hydroxylation sites is 1. The maximum Gasteiger partial charge on any atom is 0.192 e. The van der Waals surface area contributed by atoms with Crippen LogP contribution < -0.4 is 5.43 Å². The van der Waals surface area contributed by atoms with E-state index < -0.39 is 0 Å². The van der Waals surface area contributed by atoms with E-state index in [2.05, 4.69) is 20.4 Å². The second-order valence-corrected chi connectivity index (χ2v) is 4.94. The first-order valence-electron chi connectivity index (χ1n) is 5.67. The van der Waals surface area contributed by atoms with Gasteiger partial charge in [-0.05, 0) is 17.5 Å². The molecular weight excluding hydrogens is 212 g/mol. The molecule has 0 saturated heterocycles. The molecule has 0 aliphatic carbocycles. The Morgan fingerprint density at radius 3 is 2.76 bits per heavy atom.